The van der Waals surface area contributed by atoms with Gasteiger partial charge in [-0.25, -0.2) is 0 Å². The Balaban J connectivity index is 1.89. The van der Waals surface area contributed by atoms with Crippen LogP contribution in [-0.4, -0.2) is 24.7 Å². The molecule has 1 N–H and O–H groups in total. The van der Waals surface area contributed by atoms with Gasteiger partial charge in [-0.15, -0.1) is 0 Å². The summed E-state index contributed by atoms with van der Waals surface area (Å²) in [6, 6.07) is 6.30. The van der Waals surface area contributed by atoms with Gasteiger partial charge in [-0.05, 0) is 31.9 Å². The fourth-order valence-corrected chi connectivity index (χ4v) is 2.83. The van der Waals surface area contributed by atoms with Crippen molar-refractivity contribution in [2.24, 2.45) is 0 Å². The molecule has 2 aromatic rings. The number of pyridine rings is 1. The van der Waals surface area contributed by atoms with Gasteiger partial charge in [-0.2, -0.15) is 0 Å². The number of fused-ring (bicyclic) bond motifs is 2. The molecule has 1 aromatic carbocycles. The van der Waals surface area contributed by atoms with E-state index >= 15 is 0 Å². The lowest BCUT2D eigenvalue weighted by atomic mass is 10.1. The Bertz CT molecular complexity index is 680. The summed E-state index contributed by atoms with van der Waals surface area (Å²) in [4.78, 5) is 4.84. The van der Waals surface area contributed by atoms with Crippen LogP contribution in [0.25, 0.3) is 10.9 Å². The number of rotatable bonds is 3. The normalized spacial score (nSPS) is 17.6. The number of ether oxygens (including phenoxy) is 2. The first-order valence-corrected chi connectivity index (χ1v) is 7.83. The second-order valence-corrected chi connectivity index (χ2v) is 5.77. The lowest BCUT2D eigenvalue weighted by Gasteiger charge is -2.13. The molecule has 4 heteroatoms. The number of nitrogens with one attached hydrogen (secondary N) is 1. The fraction of sp³-hybridized carbons (Fsp3) is 0.471. The summed E-state index contributed by atoms with van der Waals surface area (Å²) in [6.07, 6.45) is 3.44. The molecule has 0 atom stereocenters. The van der Waals surface area contributed by atoms with Gasteiger partial charge in [0.15, 0.2) is 11.5 Å². The van der Waals surface area contributed by atoms with Crippen LogP contribution >= 0.6 is 0 Å². The third-order valence-corrected chi connectivity index (χ3v) is 4.06. The first-order valence-electron chi connectivity index (χ1n) is 7.83. The quantitative estimate of drug-likeness (QED) is 0.933. The molecule has 0 radical (unpaired) electrons. The predicted octanol–water partition coefficient (Wildman–Crippen LogP) is 3.71. The zero-order chi connectivity index (χ0) is 14.2. The van der Waals surface area contributed by atoms with Gasteiger partial charge in [0.25, 0.3) is 0 Å². The third kappa shape index (κ3) is 2.39. The lowest BCUT2D eigenvalue weighted by Crippen LogP contribution is -2.01. The van der Waals surface area contributed by atoms with Gasteiger partial charge in [-0.1, -0.05) is 0 Å². The average Bonchev–Trinajstić information content (AvgIpc) is 3.32. The largest absolute Gasteiger partial charge is 0.490 e. The SMILES string of the molecule is CCNc1cc(C2CC2)nc2cc3c(cc12)OCCCO3. The molecule has 1 aromatic heterocycles. The van der Waals surface area contributed by atoms with E-state index in [1.165, 1.54) is 18.5 Å². The summed E-state index contributed by atoms with van der Waals surface area (Å²) in [7, 11) is 0. The highest BCUT2D eigenvalue weighted by Crippen LogP contribution is 2.43. The molecule has 0 spiro atoms. The van der Waals surface area contributed by atoms with Gasteiger partial charge >= 0.3 is 0 Å². The van der Waals surface area contributed by atoms with Gasteiger partial charge < -0.3 is 14.8 Å². The molecular formula is C17H20N2O2. The summed E-state index contributed by atoms with van der Waals surface area (Å²) in [5, 5.41) is 4.58. The molecule has 2 aliphatic rings. The summed E-state index contributed by atoms with van der Waals surface area (Å²) < 4.78 is 11.6. The van der Waals surface area contributed by atoms with Crippen LogP contribution in [-0.2, 0) is 0 Å². The Morgan fingerprint density at radius 3 is 2.62 bits per heavy atom. The van der Waals surface area contributed by atoms with Crippen LogP contribution in [0.4, 0.5) is 5.69 Å². The Morgan fingerprint density at radius 1 is 1.14 bits per heavy atom. The maximum Gasteiger partial charge on any atom is 0.163 e. The molecule has 0 bridgehead atoms. The number of hydrogen-bond donors (Lipinski definition) is 1. The van der Waals surface area contributed by atoms with E-state index < -0.39 is 0 Å². The van der Waals surface area contributed by atoms with E-state index in [0.717, 1.165) is 41.1 Å². The monoisotopic (exact) mass is 284 g/mol. The van der Waals surface area contributed by atoms with E-state index in [1.807, 2.05) is 6.07 Å². The molecule has 1 saturated carbocycles. The zero-order valence-electron chi connectivity index (χ0n) is 12.3. The highest BCUT2D eigenvalue weighted by molar-refractivity contribution is 5.94. The molecule has 1 aliphatic carbocycles. The summed E-state index contributed by atoms with van der Waals surface area (Å²) >= 11 is 0. The van der Waals surface area contributed by atoms with Crippen molar-refractivity contribution < 1.29 is 9.47 Å². The van der Waals surface area contributed by atoms with Crippen molar-refractivity contribution in [3.05, 3.63) is 23.9 Å². The van der Waals surface area contributed by atoms with Gasteiger partial charge in [0.1, 0.15) is 0 Å². The number of hydrogen-bond acceptors (Lipinski definition) is 4. The highest BCUT2D eigenvalue weighted by Gasteiger charge is 2.26. The van der Waals surface area contributed by atoms with Crippen molar-refractivity contribution >= 4 is 16.6 Å². The first-order chi connectivity index (χ1) is 10.3. The Labute approximate surface area is 124 Å². The molecule has 1 fully saturated rings. The molecular weight excluding hydrogens is 264 g/mol. The van der Waals surface area contributed by atoms with Crippen LogP contribution in [0.2, 0.25) is 0 Å². The highest BCUT2D eigenvalue weighted by atomic mass is 16.5. The molecule has 1 aliphatic heterocycles. The number of benzene rings is 1. The minimum Gasteiger partial charge on any atom is -0.490 e. The van der Waals surface area contributed by atoms with E-state index in [-0.39, 0.29) is 0 Å². The smallest absolute Gasteiger partial charge is 0.163 e. The van der Waals surface area contributed by atoms with Crippen molar-refractivity contribution in [3.63, 3.8) is 0 Å². The van der Waals surface area contributed by atoms with E-state index in [2.05, 4.69) is 24.4 Å². The third-order valence-electron chi connectivity index (χ3n) is 4.06. The molecule has 0 amide bonds. The number of anilines is 1. The minimum absolute atomic E-state index is 0.641. The maximum absolute atomic E-state index is 5.80. The number of nitrogens with zero attached hydrogens (tertiary/aromatic N) is 1. The molecule has 2 heterocycles. The van der Waals surface area contributed by atoms with Crippen LogP contribution in [0.15, 0.2) is 18.2 Å². The van der Waals surface area contributed by atoms with Crippen molar-refractivity contribution in [1.82, 2.24) is 4.98 Å². The topological polar surface area (TPSA) is 43.4 Å². The number of aromatic nitrogens is 1. The second-order valence-electron chi connectivity index (χ2n) is 5.77. The van der Waals surface area contributed by atoms with E-state index in [4.69, 9.17) is 14.5 Å². The fourth-order valence-electron chi connectivity index (χ4n) is 2.83. The Morgan fingerprint density at radius 2 is 1.90 bits per heavy atom. The predicted molar refractivity (Wildman–Crippen MR) is 83.5 cm³/mol. The Kier molecular flexibility index (Phi) is 3.09. The summed E-state index contributed by atoms with van der Waals surface area (Å²) in [6.45, 7) is 4.44. The van der Waals surface area contributed by atoms with Crippen molar-refractivity contribution in [3.8, 4) is 11.5 Å². The van der Waals surface area contributed by atoms with E-state index in [1.54, 1.807) is 0 Å². The summed E-state index contributed by atoms with van der Waals surface area (Å²) in [5.74, 6) is 2.30. The van der Waals surface area contributed by atoms with Gasteiger partial charge in [0, 0.05) is 41.7 Å². The molecule has 0 unspecified atom stereocenters. The molecule has 110 valence electrons. The van der Waals surface area contributed by atoms with E-state index in [0.29, 0.717) is 19.1 Å². The second kappa shape index (κ2) is 5.10. The van der Waals surface area contributed by atoms with Gasteiger partial charge in [-0.3, -0.25) is 4.98 Å². The average molecular weight is 284 g/mol. The van der Waals surface area contributed by atoms with Crippen LogP contribution in [0, 0.1) is 0 Å². The zero-order valence-corrected chi connectivity index (χ0v) is 12.3. The lowest BCUT2D eigenvalue weighted by molar-refractivity contribution is 0.297. The molecule has 4 rings (SSSR count). The van der Waals surface area contributed by atoms with Gasteiger partial charge in [0.05, 0.1) is 18.7 Å². The van der Waals surface area contributed by atoms with Crippen LogP contribution in [0.1, 0.15) is 37.8 Å². The minimum atomic E-state index is 0.641. The van der Waals surface area contributed by atoms with Crippen LogP contribution in [0.3, 0.4) is 0 Å². The van der Waals surface area contributed by atoms with Crippen molar-refractivity contribution in [2.45, 2.75) is 32.1 Å². The Hall–Kier alpha value is -1.97. The van der Waals surface area contributed by atoms with Crippen molar-refractivity contribution in [2.75, 3.05) is 25.1 Å². The van der Waals surface area contributed by atoms with E-state index in [9.17, 15) is 0 Å². The van der Waals surface area contributed by atoms with Crippen LogP contribution in [0.5, 0.6) is 11.5 Å². The molecule has 4 nitrogen and oxygen atoms in total. The first kappa shape index (κ1) is 12.7. The summed E-state index contributed by atoms with van der Waals surface area (Å²) in [5.41, 5.74) is 3.35. The molecule has 21 heavy (non-hydrogen) atoms. The van der Waals surface area contributed by atoms with Crippen LogP contribution < -0.4 is 14.8 Å². The standard InChI is InChI=1S/C17H20N2O2/c1-2-18-14-9-13(11-4-5-11)19-15-10-17-16(8-12(14)15)20-6-3-7-21-17/h8-11H,2-7H2,1H3,(H,18,19). The maximum atomic E-state index is 5.80. The molecule has 0 saturated heterocycles. The van der Waals surface area contributed by atoms with Gasteiger partial charge in [0.2, 0.25) is 0 Å². The van der Waals surface area contributed by atoms with Crippen molar-refractivity contribution in [1.29, 1.82) is 0 Å².